The van der Waals surface area contributed by atoms with Crippen molar-refractivity contribution in [2.75, 3.05) is 23.8 Å². The highest BCUT2D eigenvalue weighted by atomic mass is 19.1. The number of anilines is 3. The smallest absolute Gasteiger partial charge is 0.231 e. The lowest BCUT2D eigenvalue weighted by Crippen LogP contribution is -2.13. The quantitative estimate of drug-likeness (QED) is 0.428. The van der Waals surface area contributed by atoms with E-state index in [1.165, 1.54) is 6.07 Å². The van der Waals surface area contributed by atoms with E-state index in [0.29, 0.717) is 29.7 Å². The number of para-hydroxylation sites is 1. The number of nitrogens with one attached hydrogen (secondary N) is 3. The average Bonchev–Trinajstić information content (AvgIpc) is 3.04. The Kier molecular flexibility index (Phi) is 5.52. The zero-order valence-corrected chi connectivity index (χ0v) is 15.0. The predicted molar refractivity (Wildman–Crippen MR) is 102 cm³/mol. The molecule has 0 unspecified atom stereocenters. The van der Waals surface area contributed by atoms with Gasteiger partial charge in [-0.05, 0) is 37.6 Å². The second-order valence-corrected chi connectivity index (χ2v) is 5.90. The molecule has 1 aromatic carbocycles. The molecule has 27 heavy (non-hydrogen) atoms. The molecular weight excluding hydrogens is 347 g/mol. The Morgan fingerprint density at radius 2 is 2.04 bits per heavy atom. The fourth-order valence-electron chi connectivity index (χ4n) is 2.50. The van der Waals surface area contributed by atoms with E-state index in [4.69, 9.17) is 11.3 Å². The lowest BCUT2D eigenvalue weighted by Gasteiger charge is -2.13. The van der Waals surface area contributed by atoms with Crippen LogP contribution in [0.3, 0.4) is 0 Å². The molecular formula is C19H19FN6O. The Balaban J connectivity index is 1.68. The average molecular weight is 366 g/mol. The highest BCUT2D eigenvalue weighted by Crippen LogP contribution is 2.30. The molecule has 3 aromatic rings. The van der Waals surface area contributed by atoms with Crippen LogP contribution in [0.5, 0.6) is 5.75 Å². The fourth-order valence-corrected chi connectivity index (χ4v) is 2.50. The molecule has 3 rings (SSSR count). The van der Waals surface area contributed by atoms with Crippen LogP contribution >= 0.6 is 0 Å². The zero-order valence-electron chi connectivity index (χ0n) is 15.0. The standard InChI is InChI=1S/C19H19FN6O/c1-12-10-16(23-17-11-13(2)25-26-17)24-19(18(12)21-3)22-8-9-27-15-7-5-4-6-14(15)20/h4-7,10-11H,8-9H2,1-2H3,(H3,22,23,24,25,26). The molecule has 0 aliphatic rings. The summed E-state index contributed by atoms with van der Waals surface area (Å²) in [5.74, 6) is 1.44. The van der Waals surface area contributed by atoms with Gasteiger partial charge in [0.05, 0.1) is 6.57 Å². The maximum Gasteiger partial charge on any atom is 0.231 e. The van der Waals surface area contributed by atoms with Gasteiger partial charge in [0.1, 0.15) is 18.2 Å². The highest BCUT2D eigenvalue weighted by Gasteiger charge is 2.11. The summed E-state index contributed by atoms with van der Waals surface area (Å²) in [6.07, 6.45) is 0. The Morgan fingerprint density at radius 3 is 2.74 bits per heavy atom. The third-order valence-electron chi connectivity index (χ3n) is 3.75. The van der Waals surface area contributed by atoms with Gasteiger partial charge in [0, 0.05) is 18.3 Å². The molecule has 0 fully saturated rings. The normalized spacial score (nSPS) is 10.3. The van der Waals surface area contributed by atoms with Crippen LogP contribution < -0.4 is 15.4 Å². The minimum Gasteiger partial charge on any atom is -0.489 e. The van der Waals surface area contributed by atoms with Gasteiger partial charge in [0.25, 0.3) is 0 Å². The van der Waals surface area contributed by atoms with Gasteiger partial charge in [-0.1, -0.05) is 12.1 Å². The van der Waals surface area contributed by atoms with E-state index < -0.39 is 5.82 Å². The van der Waals surface area contributed by atoms with E-state index >= 15 is 0 Å². The van der Waals surface area contributed by atoms with Crippen LogP contribution in [-0.2, 0) is 0 Å². The first-order valence-electron chi connectivity index (χ1n) is 8.36. The van der Waals surface area contributed by atoms with E-state index in [-0.39, 0.29) is 12.4 Å². The van der Waals surface area contributed by atoms with Crippen LogP contribution in [0.4, 0.5) is 27.5 Å². The molecule has 0 aliphatic heterocycles. The van der Waals surface area contributed by atoms with Gasteiger partial charge in [-0.15, -0.1) is 0 Å². The molecule has 2 aromatic heterocycles. The Morgan fingerprint density at radius 1 is 1.22 bits per heavy atom. The monoisotopic (exact) mass is 366 g/mol. The lowest BCUT2D eigenvalue weighted by molar-refractivity contribution is 0.315. The van der Waals surface area contributed by atoms with Crippen molar-refractivity contribution in [2.45, 2.75) is 13.8 Å². The van der Waals surface area contributed by atoms with Crippen molar-refractivity contribution >= 4 is 23.1 Å². The molecule has 0 atom stereocenters. The number of hydrogen-bond donors (Lipinski definition) is 3. The molecule has 3 N–H and O–H groups in total. The molecule has 0 spiro atoms. The van der Waals surface area contributed by atoms with Gasteiger partial charge in [-0.3, -0.25) is 5.10 Å². The number of aromatic nitrogens is 3. The summed E-state index contributed by atoms with van der Waals surface area (Å²) in [5, 5.41) is 13.2. The van der Waals surface area contributed by atoms with Crippen molar-refractivity contribution < 1.29 is 9.13 Å². The number of benzene rings is 1. The summed E-state index contributed by atoms with van der Waals surface area (Å²) in [4.78, 5) is 8.00. The number of H-pyrrole nitrogens is 1. The maximum atomic E-state index is 13.6. The third kappa shape index (κ3) is 4.52. The van der Waals surface area contributed by atoms with Gasteiger partial charge < -0.3 is 15.4 Å². The van der Waals surface area contributed by atoms with Crippen molar-refractivity contribution in [3.05, 3.63) is 64.9 Å². The number of ether oxygens (including phenoxy) is 1. The molecule has 8 heteroatoms. The number of rotatable bonds is 7. The first-order valence-corrected chi connectivity index (χ1v) is 8.36. The minimum atomic E-state index is -0.409. The van der Waals surface area contributed by atoms with Gasteiger partial charge in [-0.25, -0.2) is 14.2 Å². The van der Waals surface area contributed by atoms with E-state index in [1.54, 1.807) is 24.3 Å². The largest absolute Gasteiger partial charge is 0.489 e. The first-order chi connectivity index (χ1) is 13.1. The molecule has 0 saturated heterocycles. The number of pyridine rings is 1. The summed E-state index contributed by atoms with van der Waals surface area (Å²) in [6.45, 7) is 11.7. The number of halogens is 1. The number of hydrogen-bond acceptors (Lipinski definition) is 5. The van der Waals surface area contributed by atoms with Crippen LogP contribution in [0.2, 0.25) is 0 Å². The SMILES string of the molecule is [C-]#[N+]c1c(C)cc(Nc2cc(C)[nH]n2)nc1NCCOc1ccccc1F. The molecule has 0 amide bonds. The summed E-state index contributed by atoms with van der Waals surface area (Å²) >= 11 is 0. The van der Waals surface area contributed by atoms with Crippen molar-refractivity contribution in [2.24, 2.45) is 0 Å². The first kappa shape index (κ1) is 18.2. The van der Waals surface area contributed by atoms with E-state index in [1.807, 2.05) is 19.9 Å². The molecule has 0 aliphatic carbocycles. The minimum absolute atomic E-state index is 0.193. The third-order valence-corrected chi connectivity index (χ3v) is 3.75. The van der Waals surface area contributed by atoms with Crippen LogP contribution in [0.25, 0.3) is 4.85 Å². The molecule has 7 nitrogen and oxygen atoms in total. The zero-order chi connectivity index (χ0) is 19.2. The Labute approximate surface area is 156 Å². The number of nitrogens with zero attached hydrogens (tertiary/aromatic N) is 3. The van der Waals surface area contributed by atoms with Gasteiger partial charge in [0.15, 0.2) is 17.4 Å². The van der Waals surface area contributed by atoms with Crippen LogP contribution in [0.15, 0.2) is 36.4 Å². The molecule has 2 heterocycles. The van der Waals surface area contributed by atoms with Crippen LogP contribution in [0, 0.1) is 26.2 Å². The van der Waals surface area contributed by atoms with Crippen LogP contribution in [0.1, 0.15) is 11.3 Å². The molecule has 0 saturated carbocycles. The second-order valence-electron chi connectivity index (χ2n) is 5.90. The van der Waals surface area contributed by atoms with Gasteiger partial charge in [0.2, 0.25) is 5.69 Å². The van der Waals surface area contributed by atoms with Crippen molar-refractivity contribution in [1.29, 1.82) is 0 Å². The molecule has 138 valence electrons. The number of aromatic amines is 1. The summed E-state index contributed by atoms with van der Waals surface area (Å²) < 4.78 is 19.0. The van der Waals surface area contributed by atoms with Gasteiger partial charge in [-0.2, -0.15) is 5.10 Å². The topological polar surface area (TPSA) is 79.2 Å². The van der Waals surface area contributed by atoms with E-state index in [0.717, 1.165) is 11.3 Å². The summed E-state index contributed by atoms with van der Waals surface area (Å²) in [7, 11) is 0. The van der Waals surface area contributed by atoms with Crippen LogP contribution in [-0.4, -0.2) is 28.3 Å². The summed E-state index contributed by atoms with van der Waals surface area (Å²) in [6, 6.07) is 9.87. The second kappa shape index (κ2) is 8.19. The van der Waals surface area contributed by atoms with E-state index in [2.05, 4.69) is 30.7 Å². The van der Waals surface area contributed by atoms with Crippen molar-refractivity contribution in [1.82, 2.24) is 15.2 Å². The fraction of sp³-hybridized carbons (Fsp3) is 0.211. The van der Waals surface area contributed by atoms with Crippen molar-refractivity contribution in [3.63, 3.8) is 0 Å². The molecule has 0 bridgehead atoms. The lowest BCUT2D eigenvalue weighted by atomic mass is 10.2. The maximum absolute atomic E-state index is 13.6. The highest BCUT2D eigenvalue weighted by molar-refractivity contribution is 5.73. The Hall–Kier alpha value is -3.60. The van der Waals surface area contributed by atoms with E-state index in [9.17, 15) is 4.39 Å². The van der Waals surface area contributed by atoms with Crippen molar-refractivity contribution in [3.8, 4) is 5.75 Å². The number of aryl methyl sites for hydroxylation is 2. The van der Waals surface area contributed by atoms with Gasteiger partial charge >= 0.3 is 0 Å². The molecule has 0 radical (unpaired) electrons. The Bertz CT molecular complexity index is 979. The predicted octanol–water partition coefficient (Wildman–Crippen LogP) is 4.35. The summed E-state index contributed by atoms with van der Waals surface area (Å²) in [5.41, 5.74) is 2.15.